The average Bonchev–Trinajstić information content (AvgIpc) is 2.89. The van der Waals surface area contributed by atoms with E-state index in [4.69, 9.17) is 17.3 Å². The van der Waals surface area contributed by atoms with Crippen LogP contribution in [0.2, 0.25) is 5.02 Å². The molecule has 5 N–H and O–H groups in total. The lowest BCUT2D eigenvalue weighted by atomic mass is 10.1. The van der Waals surface area contributed by atoms with Gasteiger partial charge in [0, 0.05) is 23.3 Å². The summed E-state index contributed by atoms with van der Waals surface area (Å²) in [7, 11) is 0. The van der Waals surface area contributed by atoms with Gasteiger partial charge in [0.2, 0.25) is 0 Å². The van der Waals surface area contributed by atoms with Crippen LogP contribution in [-0.2, 0) is 0 Å². The zero-order chi connectivity index (χ0) is 16.2. The number of nitrogen functional groups attached to an aromatic ring is 1. The predicted molar refractivity (Wildman–Crippen MR) is 94.6 cm³/mol. The molecule has 23 heavy (non-hydrogen) atoms. The van der Waals surface area contributed by atoms with Crippen molar-refractivity contribution in [3.63, 3.8) is 0 Å². The number of halogens is 1. The maximum atomic E-state index is 12.4. The number of nitrogens with two attached hydrogens (primary N) is 1. The van der Waals surface area contributed by atoms with Crippen LogP contribution in [0.25, 0.3) is 0 Å². The summed E-state index contributed by atoms with van der Waals surface area (Å²) < 4.78 is 0. The van der Waals surface area contributed by atoms with Gasteiger partial charge in [0.15, 0.2) is 5.13 Å². The van der Waals surface area contributed by atoms with E-state index in [0.717, 1.165) is 31.6 Å². The lowest BCUT2D eigenvalue weighted by Crippen LogP contribution is -2.45. The summed E-state index contributed by atoms with van der Waals surface area (Å²) in [5.41, 5.74) is 6.69. The second-order valence-corrected chi connectivity index (χ2v) is 6.82. The minimum atomic E-state index is -0.173. The summed E-state index contributed by atoms with van der Waals surface area (Å²) in [6.45, 7) is 1.79. The number of rotatable bonds is 4. The van der Waals surface area contributed by atoms with Gasteiger partial charge in [-0.3, -0.25) is 4.79 Å². The fourth-order valence-corrected chi connectivity index (χ4v) is 3.46. The molecule has 0 bridgehead atoms. The highest BCUT2D eigenvalue weighted by Crippen LogP contribution is 2.28. The first-order chi connectivity index (χ1) is 11.1. The molecule has 0 radical (unpaired) electrons. The Morgan fingerprint density at radius 1 is 1.48 bits per heavy atom. The molecule has 1 atom stereocenters. The zero-order valence-corrected chi connectivity index (χ0v) is 14.0. The predicted octanol–water partition coefficient (Wildman–Crippen LogP) is 2.60. The Bertz CT molecular complexity index is 699. The van der Waals surface area contributed by atoms with E-state index in [0.29, 0.717) is 15.0 Å². The molecule has 0 saturated carbocycles. The van der Waals surface area contributed by atoms with E-state index in [2.05, 4.69) is 20.9 Å². The van der Waals surface area contributed by atoms with Crippen LogP contribution in [0, 0.1) is 0 Å². The van der Waals surface area contributed by atoms with Crippen molar-refractivity contribution in [3.05, 3.63) is 34.2 Å². The fraction of sp³-hybridized carbons (Fsp3) is 0.333. The first kappa shape index (κ1) is 16.0. The quantitative estimate of drug-likeness (QED) is 0.679. The van der Waals surface area contributed by atoms with Crippen LogP contribution >= 0.6 is 22.9 Å². The van der Waals surface area contributed by atoms with Gasteiger partial charge in [0.1, 0.15) is 10.7 Å². The van der Waals surface area contributed by atoms with E-state index in [9.17, 15) is 4.79 Å². The zero-order valence-electron chi connectivity index (χ0n) is 12.4. The Hall–Kier alpha value is -1.83. The van der Waals surface area contributed by atoms with Gasteiger partial charge in [-0.25, -0.2) is 4.98 Å². The Labute approximate surface area is 143 Å². The molecule has 0 aliphatic carbocycles. The van der Waals surface area contributed by atoms with E-state index in [1.807, 2.05) is 12.1 Å². The van der Waals surface area contributed by atoms with Crippen LogP contribution in [-0.4, -0.2) is 30.0 Å². The molecule has 122 valence electrons. The van der Waals surface area contributed by atoms with Crippen LogP contribution in [0.3, 0.4) is 0 Å². The second kappa shape index (κ2) is 7.16. The van der Waals surface area contributed by atoms with Gasteiger partial charge in [0.25, 0.3) is 5.91 Å². The molecular weight excluding hydrogens is 334 g/mol. The molecule has 2 aromatic rings. The number of amides is 1. The summed E-state index contributed by atoms with van der Waals surface area (Å²) in [5, 5.41) is 10.6. The lowest BCUT2D eigenvalue weighted by Gasteiger charge is -2.23. The number of hydrogen-bond acceptors (Lipinski definition) is 6. The topological polar surface area (TPSA) is 92.1 Å². The minimum Gasteiger partial charge on any atom is -0.382 e. The molecular formula is C15H18ClN5OS. The van der Waals surface area contributed by atoms with Crippen molar-refractivity contribution in [2.75, 3.05) is 24.1 Å². The number of anilines is 3. The molecule has 1 aliphatic heterocycles. The van der Waals surface area contributed by atoms with Crippen molar-refractivity contribution < 1.29 is 4.79 Å². The molecule has 3 rings (SSSR count). The third kappa shape index (κ3) is 4.13. The number of benzene rings is 1. The molecule has 1 aromatic heterocycles. The number of hydrogen-bond donors (Lipinski definition) is 4. The van der Waals surface area contributed by atoms with E-state index < -0.39 is 0 Å². The normalized spacial score (nSPS) is 17.7. The third-order valence-electron chi connectivity index (χ3n) is 3.57. The van der Waals surface area contributed by atoms with Gasteiger partial charge in [-0.1, -0.05) is 29.0 Å². The molecule has 1 fully saturated rings. The summed E-state index contributed by atoms with van der Waals surface area (Å²) in [4.78, 5) is 17.0. The summed E-state index contributed by atoms with van der Waals surface area (Å²) in [6, 6.07) is 7.43. The molecule has 6 nitrogen and oxygen atoms in total. The van der Waals surface area contributed by atoms with Crippen molar-refractivity contribution in [3.8, 4) is 0 Å². The number of thiazole rings is 1. The van der Waals surface area contributed by atoms with Crippen molar-refractivity contribution in [2.45, 2.75) is 18.9 Å². The standard InChI is InChI=1S/C15H18ClN5OS/c16-9-3-1-4-10(7-9)20-15-21-13(17)12(23-15)14(22)19-11-5-2-6-18-8-11/h1,3-4,7,11,18H,2,5-6,8,17H2,(H,19,22)(H,20,21). The van der Waals surface area contributed by atoms with Gasteiger partial charge in [-0.2, -0.15) is 0 Å². The molecule has 1 saturated heterocycles. The van der Waals surface area contributed by atoms with E-state index in [1.54, 1.807) is 12.1 Å². The fourth-order valence-electron chi connectivity index (χ4n) is 2.46. The number of nitrogens with one attached hydrogen (secondary N) is 3. The SMILES string of the molecule is Nc1nc(Nc2cccc(Cl)c2)sc1C(=O)NC1CCCNC1. The molecule has 0 spiro atoms. The highest BCUT2D eigenvalue weighted by atomic mass is 35.5. The van der Waals surface area contributed by atoms with Crippen molar-refractivity contribution in [1.82, 2.24) is 15.6 Å². The molecule has 1 aromatic carbocycles. The highest BCUT2D eigenvalue weighted by molar-refractivity contribution is 7.18. The number of carbonyl (C=O) groups excluding carboxylic acids is 1. The smallest absolute Gasteiger partial charge is 0.265 e. The van der Waals surface area contributed by atoms with Crippen molar-refractivity contribution in [2.24, 2.45) is 0 Å². The maximum Gasteiger partial charge on any atom is 0.265 e. The average molecular weight is 352 g/mol. The number of carbonyl (C=O) groups is 1. The first-order valence-corrected chi connectivity index (χ1v) is 8.62. The van der Waals surface area contributed by atoms with Crippen LogP contribution < -0.4 is 21.7 Å². The van der Waals surface area contributed by atoms with Crippen LogP contribution in [0.5, 0.6) is 0 Å². The minimum absolute atomic E-state index is 0.141. The van der Waals surface area contributed by atoms with Gasteiger partial charge >= 0.3 is 0 Å². The number of nitrogens with zero attached hydrogens (tertiary/aromatic N) is 1. The molecule has 8 heteroatoms. The van der Waals surface area contributed by atoms with Crippen LogP contribution in [0.1, 0.15) is 22.5 Å². The van der Waals surface area contributed by atoms with Gasteiger partial charge in [0.05, 0.1) is 0 Å². The molecule has 2 heterocycles. The number of piperidine rings is 1. The van der Waals surface area contributed by atoms with Crippen molar-refractivity contribution >= 4 is 45.5 Å². The summed E-state index contributed by atoms with van der Waals surface area (Å²) in [6.07, 6.45) is 2.04. The van der Waals surface area contributed by atoms with Crippen LogP contribution in [0.15, 0.2) is 24.3 Å². The van der Waals surface area contributed by atoms with Gasteiger partial charge in [-0.15, -0.1) is 0 Å². The first-order valence-electron chi connectivity index (χ1n) is 7.42. The lowest BCUT2D eigenvalue weighted by molar-refractivity contribution is 0.0935. The monoisotopic (exact) mass is 351 g/mol. The Morgan fingerprint density at radius 2 is 2.35 bits per heavy atom. The highest BCUT2D eigenvalue weighted by Gasteiger charge is 2.21. The largest absolute Gasteiger partial charge is 0.382 e. The molecule has 1 amide bonds. The van der Waals surface area contributed by atoms with E-state index >= 15 is 0 Å². The maximum absolute atomic E-state index is 12.4. The van der Waals surface area contributed by atoms with Gasteiger partial charge < -0.3 is 21.7 Å². The Morgan fingerprint density at radius 3 is 3.09 bits per heavy atom. The van der Waals surface area contributed by atoms with Gasteiger partial charge in [-0.05, 0) is 37.6 Å². The van der Waals surface area contributed by atoms with E-state index in [1.165, 1.54) is 11.3 Å². The van der Waals surface area contributed by atoms with Crippen molar-refractivity contribution in [1.29, 1.82) is 0 Å². The van der Waals surface area contributed by atoms with E-state index in [-0.39, 0.29) is 17.8 Å². The summed E-state index contributed by atoms with van der Waals surface area (Å²) in [5.74, 6) is 0.0636. The Balaban J connectivity index is 1.68. The summed E-state index contributed by atoms with van der Waals surface area (Å²) >= 11 is 7.19. The second-order valence-electron chi connectivity index (χ2n) is 5.39. The number of aromatic nitrogens is 1. The molecule has 1 aliphatic rings. The Kier molecular flexibility index (Phi) is 5.00. The third-order valence-corrected chi connectivity index (χ3v) is 4.79. The van der Waals surface area contributed by atoms with Crippen LogP contribution in [0.4, 0.5) is 16.6 Å². The molecule has 1 unspecified atom stereocenters.